The van der Waals surface area contributed by atoms with Gasteiger partial charge in [-0.25, -0.2) is 4.98 Å². The maximum atomic E-state index is 4.39. The Bertz CT molecular complexity index is 455. The van der Waals surface area contributed by atoms with E-state index in [0.29, 0.717) is 5.92 Å². The van der Waals surface area contributed by atoms with Crippen molar-refractivity contribution in [3.8, 4) is 0 Å². The summed E-state index contributed by atoms with van der Waals surface area (Å²) in [6, 6.07) is 6.03. The van der Waals surface area contributed by atoms with Crippen LogP contribution in [0.1, 0.15) is 33.2 Å². The minimum absolute atomic E-state index is 0.286. The molecule has 2 nitrogen and oxygen atoms in total. The number of rotatable bonds is 3. The number of nitrogens with zero attached hydrogens (tertiary/aromatic N) is 2. The van der Waals surface area contributed by atoms with Crippen LogP contribution >= 0.6 is 27.3 Å². The van der Waals surface area contributed by atoms with Gasteiger partial charge in [-0.2, -0.15) is 0 Å². The molecule has 0 N–H and O–H groups in total. The van der Waals surface area contributed by atoms with Crippen molar-refractivity contribution in [2.24, 2.45) is 0 Å². The molecule has 0 bridgehead atoms. The van der Waals surface area contributed by atoms with Crippen molar-refractivity contribution in [3.63, 3.8) is 0 Å². The summed E-state index contributed by atoms with van der Waals surface area (Å²) < 4.78 is 0. The average molecular weight is 297 g/mol. The summed E-state index contributed by atoms with van der Waals surface area (Å²) >= 11 is 5.46. The quantitative estimate of drug-likeness (QED) is 0.798. The molecule has 0 aliphatic carbocycles. The molecular weight excluding hydrogens is 284 g/mol. The summed E-state index contributed by atoms with van der Waals surface area (Å²) in [7, 11) is 0. The Morgan fingerprint density at radius 2 is 2.12 bits per heavy atom. The van der Waals surface area contributed by atoms with E-state index in [-0.39, 0.29) is 4.83 Å². The summed E-state index contributed by atoms with van der Waals surface area (Å²) in [4.78, 5) is 10.2. The third kappa shape index (κ3) is 2.50. The predicted molar refractivity (Wildman–Crippen MR) is 71.2 cm³/mol. The van der Waals surface area contributed by atoms with Crippen LogP contribution in [0.2, 0.25) is 0 Å². The lowest BCUT2D eigenvalue weighted by Gasteiger charge is -2.15. The van der Waals surface area contributed by atoms with Gasteiger partial charge in [-0.05, 0) is 19.1 Å². The Labute approximate surface area is 108 Å². The number of pyridine rings is 1. The van der Waals surface area contributed by atoms with Crippen molar-refractivity contribution < 1.29 is 0 Å². The highest BCUT2D eigenvalue weighted by molar-refractivity contribution is 9.09. The molecule has 16 heavy (non-hydrogen) atoms. The molecule has 2 aromatic heterocycles. The Hall–Kier alpha value is -0.740. The Morgan fingerprint density at radius 1 is 1.31 bits per heavy atom. The van der Waals surface area contributed by atoms with Gasteiger partial charge in [0, 0.05) is 28.9 Å². The van der Waals surface area contributed by atoms with Gasteiger partial charge in [0.2, 0.25) is 0 Å². The predicted octanol–water partition coefficient (Wildman–Crippen LogP) is 4.09. The van der Waals surface area contributed by atoms with Crippen molar-refractivity contribution in [3.05, 3.63) is 46.2 Å². The summed E-state index contributed by atoms with van der Waals surface area (Å²) in [6.07, 6.45) is 3.78. The van der Waals surface area contributed by atoms with Gasteiger partial charge in [0.25, 0.3) is 0 Å². The fraction of sp³-hybridized carbons (Fsp3) is 0.333. The summed E-state index contributed by atoms with van der Waals surface area (Å²) in [5, 5.41) is 1.10. The average Bonchev–Trinajstić information content (AvgIpc) is 2.75. The van der Waals surface area contributed by atoms with Crippen molar-refractivity contribution in [2.75, 3.05) is 0 Å². The molecule has 0 fully saturated rings. The number of alkyl halides is 1. The molecular formula is C12H13BrN2S. The van der Waals surface area contributed by atoms with Crippen molar-refractivity contribution >= 4 is 27.3 Å². The first-order valence-electron chi connectivity index (χ1n) is 5.16. The lowest BCUT2D eigenvalue weighted by molar-refractivity contribution is 0.731. The van der Waals surface area contributed by atoms with Crippen LogP contribution < -0.4 is 0 Å². The van der Waals surface area contributed by atoms with Crippen LogP contribution in [0.5, 0.6) is 0 Å². The Balaban J connectivity index is 2.19. The van der Waals surface area contributed by atoms with Gasteiger partial charge in [-0.15, -0.1) is 11.3 Å². The second-order valence-corrected chi connectivity index (χ2v) is 5.98. The Morgan fingerprint density at radius 3 is 2.69 bits per heavy atom. The van der Waals surface area contributed by atoms with Crippen molar-refractivity contribution in [1.29, 1.82) is 0 Å². The second-order valence-electron chi connectivity index (χ2n) is 3.73. The summed E-state index contributed by atoms with van der Waals surface area (Å²) in [5.41, 5.74) is 1.11. The van der Waals surface area contributed by atoms with Crippen molar-refractivity contribution in [2.45, 2.75) is 24.6 Å². The summed E-state index contributed by atoms with van der Waals surface area (Å²) in [6.45, 7) is 4.20. The molecule has 2 atom stereocenters. The van der Waals surface area contributed by atoms with Crippen LogP contribution in [-0.2, 0) is 0 Å². The van der Waals surface area contributed by atoms with Gasteiger partial charge in [0.1, 0.15) is 0 Å². The molecule has 4 heteroatoms. The van der Waals surface area contributed by atoms with Gasteiger partial charge in [0.05, 0.1) is 9.83 Å². The molecule has 2 aromatic rings. The standard InChI is InChI=1S/C12H13BrN2S/c1-8(10-5-3-4-6-14-10)12(13)11-7-15-9(2)16-11/h3-8,12H,1-2H3. The maximum Gasteiger partial charge on any atom is 0.0897 e. The topological polar surface area (TPSA) is 25.8 Å². The van der Waals surface area contributed by atoms with Gasteiger partial charge in [-0.3, -0.25) is 4.98 Å². The highest BCUT2D eigenvalue weighted by Crippen LogP contribution is 2.39. The van der Waals surface area contributed by atoms with Gasteiger partial charge >= 0.3 is 0 Å². The van der Waals surface area contributed by atoms with Crippen LogP contribution in [0.3, 0.4) is 0 Å². The van der Waals surface area contributed by atoms with E-state index in [9.17, 15) is 0 Å². The maximum absolute atomic E-state index is 4.39. The largest absolute Gasteiger partial charge is 0.261 e. The molecule has 84 valence electrons. The molecule has 0 saturated heterocycles. The molecule has 2 rings (SSSR count). The lowest BCUT2D eigenvalue weighted by atomic mass is 10.0. The first kappa shape index (κ1) is 11.7. The van der Waals surface area contributed by atoms with Crippen LogP contribution in [0, 0.1) is 6.92 Å². The number of thiazole rings is 1. The van der Waals surface area contributed by atoms with Gasteiger partial charge in [0.15, 0.2) is 0 Å². The van der Waals surface area contributed by atoms with E-state index in [2.05, 4.69) is 38.9 Å². The number of aryl methyl sites for hydroxylation is 1. The highest BCUT2D eigenvalue weighted by Gasteiger charge is 2.20. The van der Waals surface area contributed by atoms with Gasteiger partial charge < -0.3 is 0 Å². The number of halogens is 1. The smallest absolute Gasteiger partial charge is 0.0897 e. The van der Waals surface area contributed by atoms with E-state index in [1.807, 2.05) is 31.5 Å². The van der Waals surface area contributed by atoms with E-state index in [1.54, 1.807) is 11.3 Å². The molecule has 2 unspecified atom stereocenters. The molecule has 0 radical (unpaired) electrons. The normalized spacial score (nSPS) is 14.7. The first-order valence-corrected chi connectivity index (χ1v) is 6.89. The zero-order chi connectivity index (χ0) is 11.5. The molecule has 0 aliphatic heterocycles. The number of hydrogen-bond donors (Lipinski definition) is 0. The molecule has 0 aromatic carbocycles. The lowest BCUT2D eigenvalue weighted by Crippen LogP contribution is -2.02. The molecule has 2 heterocycles. The molecule has 0 amide bonds. The second kappa shape index (κ2) is 5.06. The minimum Gasteiger partial charge on any atom is -0.261 e. The van der Waals surface area contributed by atoms with Crippen LogP contribution in [0.25, 0.3) is 0 Å². The minimum atomic E-state index is 0.286. The van der Waals surface area contributed by atoms with Crippen LogP contribution in [0.15, 0.2) is 30.6 Å². The van der Waals surface area contributed by atoms with Crippen LogP contribution in [0.4, 0.5) is 0 Å². The SMILES string of the molecule is Cc1ncc(C(Br)C(C)c2ccccn2)s1. The Kier molecular flexibility index (Phi) is 3.71. The van der Waals surface area contributed by atoms with E-state index < -0.39 is 0 Å². The third-order valence-corrected chi connectivity index (χ3v) is 5.09. The molecule has 0 aliphatic rings. The number of hydrogen-bond acceptors (Lipinski definition) is 3. The first-order chi connectivity index (χ1) is 7.68. The molecule has 0 saturated carbocycles. The van der Waals surface area contributed by atoms with E-state index in [4.69, 9.17) is 0 Å². The fourth-order valence-corrected chi connectivity index (χ4v) is 3.08. The van der Waals surface area contributed by atoms with E-state index >= 15 is 0 Å². The molecule has 0 spiro atoms. The zero-order valence-electron chi connectivity index (χ0n) is 9.22. The van der Waals surface area contributed by atoms with Gasteiger partial charge in [-0.1, -0.05) is 28.9 Å². The van der Waals surface area contributed by atoms with E-state index in [1.165, 1.54) is 4.88 Å². The fourth-order valence-electron chi connectivity index (χ4n) is 1.55. The zero-order valence-corrected chi connectivity index (χ0v) is 11.6. The highest BCUT2D eigenvalue weighted by atomic mass is 79.9. The van der Waals surface area contributed by atoms with Crippen molar-refractivity contribution in [1.82, 2.24) is 9.97 Å². The van der Waals surface area contributed by atoms with Crippen LogP contribution in [-0.4, -0.2) is 9.97 Å². The number of aromatic nitrogens is 2. The third-order valence-electron chi connectivity index (χ3n) is 2.50. The van der Waals surface area contributed by atoms with E-state index in [0.717, 1.165) is 10.7 Å². The monoisotopic (exact) mass is 296 g/mol. The summed E-state index contributed by atoms with van der Waals surface area (Å²) in [5.74, 6) is 0.348.